The van der Waals surface area contributed by atoms with Gasteiger partial charge in [-0.15, -0.1) is 12.4 Å². The van der Waals surface area contributed by atoms with Crippen molar-refractivity contribution in [2.24, 2.45) is 11.7 Å². The number of carbonyl (C=O) groups is 2. The third-order valence-corrected chi connectivity index (χ3v) is 2.89. The predicted molar refractivity (Wildman–Crippen MR) is 68.1 cm³/mol. The molecule has 17 heavy (non-hydrogen) atoms. The first-order chi connectivity index (χ1) is 7.65. The minimum absolute atomic E-state index is 0. The van der Waals surface area contributed by atoms with Crippen molar-refractivity contribution in [3.05, 3.63) is 0 Å². The van der Waals surface area contributed by atoms with Crippen molar-refractivity contribution in [2.75, 3.05) is 33.2 Å². The molecule has 1 aliphatic rings. The van der Waals surface area contributed by atoms with E-state index in [-0.39, 0.29) is 24.9 Å². The Labute approximate surface area is 108 Å². The summed E-state index contributed by atoms with van der Waals surface area (Å²) in [6.07, 6.45) is 2.06. The Morgan fingerprint density at radius 3 is 2.41 bits per heavy atom. The van der Waals surface area contributed by atoms with Gasteiger partial charge >= 0.3 is 6.03 Å². The van der Waals surface area contributed by atoms with Crippen LogP contribution >= 0.6 is 12.4 Å². The van der Waals surface area contributed by atoms with Crippen molar-refractivity contribution >= 4 is 24.3 Å². The molecule has 6 nitrogen and oxygen atoms in total. The molecular weight excluding hydrogens is 244 g/mol. The minimum Gasteiger partial charge on any atom is -0.341 e. The average molecular weight is 265 g/mol. The standard InChI is InChI=1S/C10H20N4O2.ClH/c1-12-10(16)13-9(15)7-14-4-2-8(6-11)3-5-14;/h8H,2-7,11H2,1H3,(H2,12,13,15,16);1H. The SMILES string of the molecule is CNC(=O)NC(=O)CN1CCC(CN)CC1.Cl. The zero-order valence-corrected chi connectivity index (χ0v) is 10.9. The summed E-state index contributed by atoms with van der Waals surface area (Å²) in [5.41, 5.74) is 5.58. The summed E-state index contributed by atoms with van der Waals surface area (Å²) in [4.78, 5) is 24.3. The Morgan fingerprint density at radius 1 is 1.35 bits per heavy atom. The fourth-order valence-corrected chi connectivity index (χ4v) is 1.81. The van der Waals surface area contributed by atoms with Gasteiger partial charge in [0.25, 0.3) is 0 Å². The van der Waals surface area contributed by atoms with E-state index in [1.807, 2.05) is 4.90 Å². The van der Waals surface area contributed by atoms with Gasteiger partial charge in [-0.05, 0) is 38.4 Å². The molecule has 0 aromatic rings. The van der Waals surface area contributed by atoms with Gasteiger partial charge in [0.15, 0.2) is 0 Å². The van der Waals surface area contributed by atoms with Crippen LogP contribution in [0.2, 0.25) is 0 Å². The third kappa shape index (κ3) is 5.86. The molecule has 0 radical (unpaired) electrons. The van der Waals surface area contributed by atoms with Crippen LogP contribution in [0, 0.1) is 5.92 Å². The molecule has 0 aromatic carbocycles. The highest BCUT2D eigenvalue weighted by molar-refractivity contribution is 5.95. The van der Waals surface area contributed by atoms with E-state index in [1.165, 1.54) is 7.05 Å². The monoisotopic (exact) mass is 264 g/mol. The maximum Gasteiger partial charge on any atom is 0.321 e. The lowest BCUT2D eigenvalue weighted by molar-refractivity contribution is -0.121. The van der Waals surface area contributed by atoms with E-state index >= 15 is 0 Å². The van der Waals surface area contributed by atoms with E-state index in [0.29, 0.717) is 5.92 Å². The van der Waals surface area contributed by atoms with Crippen molar-refractivity contribution in [1.29, 1.82) is 0 Å². The smallest absolute Gasteiger partial charge is 0.321 e. The molecule has 0 aromatic heterocycles. The number of rotatable bonds is 3. The van der Waals surface area contributed by atoms with Gasteiger partial charge in [-0.25, -0.2) is 4.79 Å². The third-order valence-electron chi connectivity index (χ3n) is 2.89. The first-order valence-electron chi connectivity index (χ1n) is 5.59. The molecule has 0 spiro atoms. The molecule has 1 aliphatic heterocycles. The number of nitrogens with zero attached hydrogens (tertiary/aromatic N) is 1. The summed E-state index contributed by atoms with van der Waals surface area (Å²) < 4.78 is 0. The Balaban J connectivity index is 0.00000256. The Hall–Kier alpha value is -0.850. The van der Waals surface area contributed by atoms with Crippen LogP contribution < -0.4 is 16.4 Å². The van der Waals surface area contributed by atoms with Crippen LogP contribution in [-0.4, -0.2) is 50.1 Å². The quantitative estimate of drug-likeness (QED) is 0.643. The second-order valence-electron chi connectivity index (χ2n) is 4.08. The lowest BCUT2D eigenvalue weighted by Gasteiger charge is -2.30. The maximum atomic E-state index is 11.4. The highest BCUT2D eigenvalue weighted by Gasteiger charge is 2.20. The predicted octanol–water partition coefficient (Wildman–Crippen LogP) is -0.465. The number of imide groups is 1. The van der Waals surface area contributed by atoms with E-state index in [4.69, 9.17) is 5.73 Å². The van der Waals surface area contributed by atoms with Crippen molar-refractivity contribution in [3.8, 4) is 0 Å². The van der Waals surface area contributed by atoms with Crippen molar-refractivity contribution < 1.29 is 9.59 Å². The zero-order chi connectivity index (χ0) is 12.0. The largest absolute Gasteiger partial charge is 0.341 e. The lowest BCUT2D eigenvalue weighted by Crippen LogP contribution is -2.46. The van der Waals surface area contributed by atoms with Crippen LogP contribution in [0.1, 0.15) is 12.8 Å². The molecule has 0 atom stereocenters. The Bertz CT molecular complexity index is 255. The number of hydrogen-bond acceptors (Lipinski definition) is 4. The van der Waals surface area contributed by atoms with E-state index in [0.717, 1.165) is 32.5 Å². The summed E-state index contributed by atoms with van der Waals surface area (Å²) in [5, 5.41) is 4.59. The zero-order valence-electron chi connectivity index (χ0n) is 10.1. The number of nitrogens with one attached hydrogen (secondary N) is 2. The normalized spacial score (nSPS) is 17.1. The van der Waals surface area contributed by atoms with Gasteiger partial charge in [0.05, 0.1) is 6.54 Å². The van der Waals surface area contributed by atoms with Gasteiger partial charge in [-0.2, -0.15) is 0 Å². The molecule has 0 unspecified atom stereocenters. The number of carbonyl (C=O) groups excluding carboxylic acids is 2. The van der Waals surface area contributed by atoms with E-state index < -0.39 is 6.03 Å². The highest BCUT2D eigenvalue weighted by Crippen LogP contribution is 2.14. The van der Waals surface area contributed by atoms with Gasteiger partial charge in [0, 0.05) is 7.05 Å². The number of likely N-dealkylation sites (tertiary alicyclic amines) is 1. The van der Waals surface area contributed by atoms with Crippen LogP contribution in [0.5, 0.6) is 0 Å². The number of nitrogens with two attached hydrogens (primary N) is 1. The molecule has 100 valence electrons. The molecule has 4 N–H and O–H groups in total. The second-order valence-corrected chi connectivity index (χ2v) is 4.08. The minimum atomic E-state index is -0.457. The van der Waals surface area contributed by atoms with Crippen LogP contribution in [0.25, 0.3) is 0 Å². The number of halogens is 1. The summed E-state index contributed by atoms with van der Waals surface area (Å²) in [6, 6.07) is -0.457. The van der Waals surface area contributed by atoms with Gasteiger partial charge < -0.3 is 11.1 Å². The number of amides is 3. The Morgan fingerprint density at radius 2 is 1.94 bits per heavy atom. The molecule has 3 amide bonds. The van der Waals surface area contributed by atoms with Crippen molar-refractivity contribution in [2.45, 2.75) is 12.8 Å². The van der Waals surface area contributed by atoms with Gasteiger partial charge in [0.1, 0.15) is 0 Å². The first kappa shape index (κ1) is 16.1. The highest BCUT2D eigenvalue weighted by atomic mass is 35.5. The molecule has 0 aliphatic carbocycles. The lowest BCUT2D eigenvalue weighted by atomic mass is 9.97. The number of piperidine rings is 1. The summed E-state index contributed by atoms with van der Waals surface area (Å²) in [5.74, 6) is 0.323. The van der Waals surface area contributed by atoms with Crippen molar-refractivity contribution in [3.63, 3.8) is 0 Å². The van der Waals surface area contributed by atoms with Crippen LogP contribution in [0.15, 0.2) is 0 Å². The molecular formula is C10H21ClN4O2. The van der Waals surface area contributed by atoms with Gasteiger partial charge in [0.2, 0.25) is 5.91 Å². The Kier molecular flexibility index (Phi) is 7.86. The molecule has 1 rings (SSSR count). The van der Waals surface area contributed by atoms with Crippen LogP contribution in [-0.2, 0) is 4.79 Å². The fourth-order valence-electron chi connectivity index (χ4n) is 1.81. The van der Waals surface area contributed by atoms with Crippen molar-refractivity contribution in [1.82, 2.24) is 15.5 Å². The molecule has 0 saturated carbocycles. The van der Waals surface area contributed by atoms with Crippen LogP contribution in [0.3, 0.4) is 0 Å². The molecule has 1 heterocycles. The molecule has 0 bridgehead atoms. The van der Waals surface area contributed by atoms with E-state index in [9.17, 15) is 9.59 Å². The summed E-state index contributed by atoms with van der Waals surface area (Å²) in [7, 11) is 1.48. The second kappa shape index (κ2) is 8.27. The van der Waals surface area contributed by atoms with E-state index in [2.05, 4.69) is 10.6 Å². The summed E-state index contributed by atoms with van der Waals surface area (Å²) >= 11 is 0. The summed E-state index contributed by atoms with van der Waals surface area (Å²) in [6.45, 7) is 2.76. The average Bonchev–Trinajstić information content (AvgIpc) is 2.29. The van der Waals surface area contributed by atoms with Gasteiger partial charge in [-0.1, -0.05) is 0 Å². The molecule has 1 saturated heterocycles. The van der Waals surface area contributed by atoms with Crippen LogP contribution in [0.4, 0.5) is 4.79 Å². The molecule has 7 heteroatoms. The first-order valence-corrected chi connectivity index (χ1v) is 5.59. The van der Waals surface area contributed by atoms with Gasteiger partial charge in [-0.3, -0.25) is 15.0 Å². The maximum absolute atomic E-state index is 11.4. The molecule has 1 fully saturated rings. The number of urea groups is 1. The topological polar surface area (TPSA) is 87.5 Å². The van der Waals surface area contributed by atoms with E-state index in [1.54, 1.807) is 0 Å². The fraction of sp³-hybridized carbons (Fsp3) is 0.800. The number of hydrogen-bond donors (Lipinski definition) is 3.